The second-order valence-electron chi connectivity index (χ2n) is 9.82. The van der Waals surface area contributed by atoms with Crippen molar-refractivity contribution in [3.63, 3.8) is 0 Å². The first-order chi connectivity index (χ1) is 14.8. The summed E-state index contributed by atoms with van der Waals surface area (Å²) >= 11 is 0. The average Bonchev–Trinajstić information content (AvgIpc) is 3.19. The molecule has 1 aromatic carbocycles. The van der Waals surface area contributed by atoms with Crippen LogP contribution in [0.3, 0.4) is 0 Å². The van der Waals surface area contributed by atoms with Crippen LogP contribution in [0.25, 0.3) is 0 Å². The largest absolute Gasteiger partial charge is 0.494 e. The fourth-order valence-corrected chi connectivity index (χ4v) is 5.44. The van der Waals surface area contributed by atoms with Gasteiger partial charge in [0.05, 0.1) is 18.1 Å². The van der Waals surface area contributed by atoms with Crippen LogP contribution in [0.15, 0.2) is 40.5 Å². The molecular weight excluding hydrogens is 390 g/mol. The summed E-state index contributed by atoms with van der Waals surface area (Å²) in [4.78, 5) is 31.7. The molecule has 2 saturated carbocycles. The molecule has 0 spiro atoms. The van der Waals surface area contributed by atoms with Crippen molar-refractivity contribution in [2.75, 3.05) is 6.61 Å². The monoisotopic (exact) mass is 423 g/mol. The van der Waals surface area contributed by atoms with Crippen LogP contribution in [0.4, 0.5) is 0 Å². The van der Waals surface area contributed by atoms with Crippen molar-refractivity contribution in [1.82, 2.24) is 0 Å². The first-order valence-corrected chi connectivity index (χ1v) is 11.5. The number of fused-ring (bicyclic) bond motifs is 1. The predicted octanol–water partition coefficient (Wildman–Crippen LogP) is 5.39. The van der Waals surface area contributed by atoms with Crippen molar-refractivity contribution < 1.29 is 19.1 Å². The Morgan fingerprint density at radius 2 is 1.84 bits per heavy atom. The molecule has 0 amide bonds. The van der Waals surface area contributed by atoms with E-state index in [2.05, 4.69) is 13.8 Å². The topological polar surface area (TPSA) is 65.0 Å². The van der Waals surface area contributed by atoms with Gasteiger partial charge < -0.3 is 9.47 Å². The minimum absolute atomic E-state index is 0.0399. The van der Waals surface area contributed by atoms with Crippen molar-refractivity contribution in [3.8, 4) is 5.75 Å². The van der Waals surface area contributed by atoms with Crippen LogP contribution in [0, 0.1) is 11.3 Å². The number of esters is 1. The summed E-state index contributed by atoms with van der Waals surface area (Å²) in [6.45, 7) is 8.54. The van der Waals surface area contributed by atoms with E-state index in [-0.39, 0.29) is 23.3 Å². The minimum Gasteiger partial charge on any atom is -0.494 e. The number of aliphatic imine (C=N–C) groups is 1. The third kappa shape index (κ3) is 4.32. The maximum absolute atomic E-state index is 13.4. The van der Waals surface area contributed by atoms with Crippen molar-refractivity contribution in [3.05, 3.63) is 41.1 Å². The number of benzene rings is 1. The first kappa shape index (κ1) is 21.8. The Labute approximate surface area is 184 Å². The third-order valence-corrected chi connectivity index (χ3v) is 6.71. The zero-order valence-electron chi connectivity index (χ0n) is 19.1. The van der Waals surface area contributed by atoms with E-state index in [1.165, 1.54) is 0 Å². The average molecular weight is 424 g/mol. The molecule has 166 valence electrons. The summed E-state index contributed by atoms with van der Waals surface area (Å²) in [7, 11) is 0. The number of para-hydroxylation sites is 1. The lowest BCUT2D eigenvalue weighted by molar-refractivity contribution is -0.144. The highest BCUT2D eigenvalue weighted by Crippen LogP contribution is 2.49. The molecule has 1 unspecified atom stereocenters. The lowest BCUT2D eigenvalue weighted by Crippen LogP contribution is -2.44. The van der Waals surface area contributed by atoms with Crippen molar-refractivity contribution in [2.24, 2.45) is 16.3 Å². The van der Waals surface area contributed by atoms with Crippen LogP contribution < -0.4 is 4.74 Å². The van der Waals surface area contributed by atoms with Crippen molar-refractivity contribution in [1.29, 1.82) is 0 Å². The number of ketones is 1. The number of Topliss-reactive ketones (excluding diaryl/α,β-unsaturated/α-hetero) is 1. The molecule has 1 aliphatic heterocycles. The SMILES string of the molecule is CCOc1ccccc1[C@@H]1C(C(=O)OC2CCCC2)=C(C)N=C2CC(C)(C)CC(=O)C21. The molecule has 2 aliphatic carbocycles. The van der Waals surface area contributed by atoms with Gasteiger partial charge in [-0.15, -0.1) is 0 Å². The molecular formula is C26H33NO4. The van der Waals surface area contributed by atoms with Gasteiger partial charge in [-0.3, -0.25) is 9.79 Å². The molecule has 0 radical (unpaired) electrons. The summed E-state index contributed by atoms with van der Waals surface area (Å²) in [6.07, 6.45) is 5.18. The Hall–Kier alpha value is -2.43. The molecule has 4 rings (SSSR count). The van der Waals surface area contributed by atoms with Gasteiger partial charge in [-0.25, -0.2) is 4.79 Å². The quantitative estimate of drug-likeness (QED) is 0.596. The van der Waals surface area contributed by atoms with Gasteiger partial charge in [0.2, 0.25) is 0 Å². The van der Waals surface area contributed by atoms with Gasteiger partial charge in [0.15, 0.2) is 0 Å². The summed E-state index contributed by atoms with van der Waals surface area (Å²) in [5.74, 6) is -0.337. The number of carbonyl (C=O) groups is 2. The van der Waals surface area contributed by atoms with Crippen LogP contribution in [0.5, 0.6) is 5.75 Å². The van der Waals surface area contributed by atoms with Gasteiger partial charge in [0, 0.05) is 29.3 Å². The molecule has 0 N–H and O–H groups in total. The number of allylic oxidation sites excluding steroid dienone is 1. The molecule has 1 aromatic rings. The van der Waals surface area contributed by atoms with E-state index in [9.17, 15) is 9.59 Å². The number of nitrogens with zero attached hydrogens (tertiary/aromatic N) is 1. The van der Waals surface area contributed by atoms with Crippen LogP contribution >= 0.6 is 0 Å². The minimum atomic E-state index is -0.440. The second kappa shape index (κ2) is 8.60. The lowest BCUT2D eigenvalue weighted by Gasteiger charge is -2.41. The van der Waals surface area contributed by atoms with E-state index in [0.717, 1.165) is 43.4 Å². The molecule has 5 heteroatoms. The van der Waals surface area contributed by atoms with Gasteiger partial charge in [0.1, 0.15) is 17.6 Å². The Kier molecular flexibility index (Phi) is 6.05. The standard InChI is InChI=1S/C26H33NO4/c1-5-30-21-13-9-8-12-18(21)23-22(25(29)31-17-10-6-7-11-17)16(2)27-19-14-26(3,4)15-20(28)24(19)23/h8-9,12-13,17,23-24H,5-7,10-11,14-15H2,1-4H3/t23-,24?/m1/s1. The van der Waals surface area contributed by atoms with E-state index in [4.69, 9.17) is 14.5 Å². The summed E-state index contributed by atoms with van der Waals surface area (Å²) < 4.78 is 11.8. The molecule has 0 aromatic heterocycles. The molecule has 1 heterocycles. The predicted molar refractivity (Wildman–Crippen MR) is 120 cm³/mol. The van der Waals surface area contributed by atoms with Gasteiger partial charge >= 0.3 is 5.97 Å². The molecule has 0 saturated heterocycles. The molecule has 31 heavy (non-hydrogen) atoms. The van der Waals surface area contributed by atoms with Gasteiger partial charge in [-0.2, -0.15) is 0 Å². The molecule has 0 bridgehead atoms. The highest BCUT2D eigenvalue weighted by Gasteiger charge is 2.48. The second-order valence-corrected chi connectivity index (χ2v) is 9.82. The summed E-state index contributed by atoms with van der Waals surface area (Å²) in [5.41, 5.74) is 2.80. The zero-order valence-corrected chi connectivity index (χ0v) is 19.1. The van der Waals surface area contributed by atoms with Gasteiger partial charge in [-0.1, -0.05) is 32.0 Å². The Balaban J connectivity index is 1.82. The molecule has 2 atom stereocenters. The maximum atomic E-state index is 13.4. The Morgan fingerprint density at radius 3 is 2.55 bits per heavy atom. The van der Waals surface area contributed by atoms with Gasteiger partial charge in [-0.05, 0) is 57.4 Å². The highest BCUT2D eigenvalue weighted by molar-refractivity contribution is 6.12. The highest BCUT2D eigenvalue weighted by atomic mass is 16.5. The number of ether oxygens (including phenoxy) is 2. The third-order valence-electron chi connectivity index (χ3n) is 6.71. The number of rotatable bonds is 5. The van der Waals surface area contributed by atoms with E-state index >= 15 is 0 Å². The smallest absolute Gasteiger partial charge is 0.336 e. The lowest BCUT2D eigenvalue weighted by atomic mass is 9.63. The first-order valence-electron chi connectivity index (χ1n) is 11.5. The van der Waals surface area contributed by atoms with Crippen LogP contribution in [-0.2, 0) is 14.3 Å². The molecule has 2 fully saturated rings. The van der Waals surface area contributed by atoms with E-state index in [1.807, 2.05) is 38.1 Å². The summed E-state index contributed by atoms with van der Waals surface area (Å²) in [6, 6.07) is 7.75. The van der Waals surface area contributed by atoms with E-state index in [1.54, 1.807) is 0 Å². The Bertz CT molecular complexity index is 936. The van der Waals surface area contributed by atoms with E-state index in [0.29, 0.717) is 30.0 Å². The molecule has 3 aliphatic rings. The number of hydrogen-bond donors (Lipinski definition) is 0. The van der Waals surface area contributed by atoms with Crippen LogP contribution in [0.2, 0.25) is 0 Å². The van der Waals surface area contributed by atoms with Crippen molar-refractivity contribution in [2.45, 2.75) is 78.2 Å². The Morgan fingerprint density at radius 1 is 1.13 bits per heavy atom. The zero-order chi connectivity index (χ0) is 22.2. The summed E-state index contributed by atoms with van der Waals surface area (Å²) in [5, 5.41) is 0. The van der Waals surface area contributed by atoms with Crippen LogP contribution in [0.1, 0.15) is 77.7 Å². The number of hydrogen-bond acceptors (Lipinski definition) is 5. The molecule has 5 nitrogen and oxygen atoms in total. The fraction of sp³-hybridized carbons (Fsp3) is 0.577. The number of carbonyl (C=O) groups excluding carboxylic acids is 2. The normalized spacial score (nSPS) is 25.8. The van der Waals surface area contributed by atoms with Crippen molar-refractivity contribution >= 4 is 17.5 Å². The van der Waals surface area contributed by atoms with E-state index < -0.39 is 11.8 Å². The van der Waals surface area contributed by atoms with Crippen LogP contribution in [-0.4, -0.2) is 30.2 Å². The fourth-order valence-electron chi connectivity index (χ4n) is 5.44. The maximum Gasteiger partial charge on any atom is 0.336 e. The van der Waals surface area contributed by atoms with Gasteiger partial charge in [0.25, 0.3) is 0 Å².